The largest absolute Gasteiger partial charge is 0.382 e. The fraction of sp³-hybridized carbons (Fsp3) is 0.118. The Hall–Kier alpha value is -6.33. The van der Waals surface area contributed by atoms with Gasteiger partial charge >= 0.3 is 0 Å². The molecule has 0 saturated heterocycles. The Morgan fingerprint density at radius 2 is 1.83 bits per heavy atom. The van der Waals surface area contributed by atoms with Crippen LogP contribution in [0.25, 0.3) is 27.8 Å². The van der Waals surface area contributed by atoms with E-state index in [0.717, 1.165) is 0 Å². The maximum absolute atomic E-state index is 14.3. The summed E-state index contributed by atoms with van der Waals surface area (Å²) in [5, 5.41) is 7.37. The molecule has 4 heterocycles. The molecule has 0 fully saturated rings. The van der Waals surface area contributed by atoms with Crippen LogP contribution in [0.3, 0.4) is 0 Å². The maximum Gasteiger partial charge on any atom is 0.274 e. The van der Waals surface area contributed by atoms with E-state index in [1.54, 1.807) is 67.4 Å². The molecule has 0 spiro atoms. The summed E-state index contributed by atoms with van der Waals surface area (Å²) < 4.78 is 18.0. The van der Waals surface area contributed by atoms with Gasteiger partial charge in [0.25, 0.3) is 11.5 Å². The second-order valence-corrected chi connectivity index (χ2v) is 13.3. The molecule has 14 heteroatoms. The van der Waals surface area contributed by atoms with Gasteiger partial charge in [0.15, 0.2) is 11.5 Å². The number of nitrogen functional groups attached to an aromatic ring is 1. The number of carbonyl (C=O) groups excluding carboxylic acids is 1. The number of aromatic nitrogens is 7. The minimum Gasteiger partial charge on any atom is -0.382 e. The lowest BCUT2D eigenvalue weighted by molar-refractivity contribution is 0.0933. The molecule has 6 aromatic rings. The summed E-state index contributed by atoms with van der Waals surface area (Å²) in [6.07, 6.45) is 9.34. The highest BCUT2D eigenvalue weighted by atomic mass is 32.2. The Morgan fingerprint density at radius 1 is 1.04 bits per heavy atom. The predicted molar refractivity (Wildman–Crippen MR) is 187 cm³/mol. The van der Waals surface area contributed by atoms with Gasteiger partial charge in [-0.15, -0.1) is 0 Å². The van der Waals surface area contributed by atoms with Crippen molar-refractivity contribution in [2.75, 3.05) is 16.7 Å². The second-order valence-electron chi connectivity index (χ2n) is 11.1. The third-order valence-corrected chi connectivity index (χ3v) is 7.77. The van der Waals surface area contributed by atoms with Gasteiger partial charge in [0.2, 0.25) is 0 Å². The zero-order valence-corrected chi connectivity index (χ0v) is 27.0. The predicted octanol–water partition coefficient (Wildman–Crippen LogP) is 3.12. The van der Waals surface area contributed by atoms with E-state index >= 15 is 0 Å². The lowest BCUT2D eigenvalue weighted by Crippen LogP contribution is -2.34. The highest BCUT2D eigenvalue weighted by molar-refractivity contribution is 8.00. The van der Waals surface area contributed by atoms with Gasteiger partial charge in [0.05, 0.1) is 58.2 Å². The van der Waals surface area contributed by atoms with Crippen molar-refractivity contribution in [2.24, 2.45) is 7.05 Å². The molecule has 0 aliphatic carbocycles. The molecule has 6 rings (SSSR count). The van der Waals surface area contributed by atoms with Crippen LogP contribution in [0.4, 0.5) is 11.5 Å². The average molecular weight is 659 g/mol. The van der Waals surface area contributed by atoms with Crippen molar-refractivity contribution in [2.45, 2.75) is 13.0 Å². The van der Waals surface area contributed by atoms with Gasteiger partial charge in [-0.1, -0.05) is 36.1 Å². The van der Waals surface area contributed by atoms with E-state index in [1.807, 2.05) is 18.2 Å². The number of fused-ring (bicyclic) bond motifs is 1. The van der Waals surface area contributed by atoms with Gasteiger partial charge < -0.3 is 15.8 Å². The zero-order chi connectivity index (χ0) is 34.0. The molecule has 2 aromatic carbocycles. The van der Waals surface area contributed by atoms with Gasteiger partial charge in [0.1, 0.15) is 5.82 Å². The zero-order valence-electron chi connectivity index (χ0n) is 26.2. The first kappa shape index (κ1) is 31.6. The molecule has 0 radical (unpaired) electrons. The van der Waals surface area contributed by atoms with E-state index in [4.69, 9.17) is 10.7 Å². The van der Waals surface area contributed by atoms with Crippen molar-refractivity contribution in [3.05, 3.63) is 119 Å². The van der Waals surface area contributed by atoms with Crippen LogP contribution < -0.4 is 21.3 Å². The molecule has 48 heavy (non-hydrogen) atoms. The summed E-state index contributed by atoms with van der Waals surface area (Å²) in [5.74, 6) is 9.32. The number of nitrogens with zero attached hydrogens (tertiary/aromatic N) is 7. The van der Waals surface area contributed by atoms with Crippen LogP contribution in [0.2, 0.25) is 0 Å². The molecule has 0 aliphatic rings. The highest BCUT2D eigenvalue weighted by Gasteiger charge is 2.23. The molecule has 4 aromatic heterocycles. The van der Waals surface area contributed by atoms with E-state index in [9.17, 15) is 13.8 Å². The molecule has 2 atom stereocenters. The second kappa shape index (κ2) is 12.8. The first-order valence-corrected chi connectivity index (χ1v) is 16.7. The van der Waals surface area contributed by atoms with Crippen LogP contribution in [0.1, 0.15) is 40.4 Å². The Labute approximate surface area is 276 Å². The maximum atomic E-state index is 14.3. The van der Waals surface area contributed by atoms with Gasteiger partial charge in [-0.2, -0.15) is 5.10 Å². The molecule has 240 valence electrons. The number of para-hydroxylation sites is 1. The monoisotopic (exact) mass is 658 g/mol. The fourth-order valence-corrected chi connectivity index (χ4v) is 5.62. The summed E-state index contributed by atoms with van der Waals surface area (Å²) in [7, 11) is -0.750. The third-order valence-electron chi connectivity index (χ3n) is 7.10. The summed E-state index contributed by atoms with van der Waals surface area (Å²) in [5.41, 5.74) is 9.10. The normalized spacial score (nSPS) is 12.8. The third kappa shape index (κ3) is 6.76. The molecule has 0 bridgehead atoms. The lowest BCUT2D eigenvalue weighted by Gasteiger charge is -2.20. The minimum atomic E-state index is -2.55. The van der Waals surface area contributed by atoms with E-state index in [2.05, 4.69) is 47.8 Å². The first-order valence-electron chi connectivity index (χ1n) is 14.6. The van der Waals surface area contributed by atoms with E-state index < -0.39 is 21.7 Å². The van der Waals surface area contributed by atoms with E-state index in [0.29, 0.717) is 44.7 Å². The number of hydrogen-bond donors (Lipinski definition) is 3. The van der Waals surface area contributed by atoms with Crippen LogP contribution in [0.15, 0.2) is 90.4 Å². The molecule has 0 aliphatic heterocycles. The van der Waals surface area contributed by atoms with Crippen molar-refractivity contribution in [3.8, 4) is 28.8 Å². The summed E-state index contributed by atoms with van der Waals surface area (Å²) in [6, 6.07) is 15.2. The number of anilines is 2. The van der Waals surface area contributed by atoms with Crippen LogP contribution in [0, 0.1) is 11.8 Å². The summed E-state index contributed by atoms with van der Waals surface area (Å²) in [4.78, 5) is 45.6. The Balaban J connectivity index is 1.38. The highest BCUT2D eigenvalue weighted by Crippen LogP contribution is 2.23. The molecule has 1 amide bonds. The molecule has 13 nitrogen and oxygen atoms in total. The van der Waals surface area contributed by atoms with Crippen molar-refractivity contribution < 1.29 is 9.00 Å². The molecule has 2 unspecified atom stereocenters. The van der Waals surface area contributed by atoms with Gasteiger partial charge in [0, 0.05) is 46.5 Å². The van der Waals surface area contributed by atoms with Crippen LogP contribution in [-0.4, -0.2) is 56.5 Å². The smallest absolute Gasteiger partial charge is 0.274 e. The fourth-order valence-electron chi connectivity index (χ4n) is 5.01. The van der Waals surface area contributed by atoms with Gasteiger partial charge in [-0.25, -0.2) is 19.2 Å². The van der Waals surface area contributed by atoms with Crippen molar-refractivity contribution in [1.82, 2.24) is 39.6 Å². The SMILES string of the molecule is C=S(C)(=O)Nc1cncc(-c2cnc(N)c(C(=O)NC(C)c3nc4cccc(C#Cc5cnn(C)c5)c4c(=O)n3-c3ccccc3)n2)c1. The number of nitrogens with two attached hydrogens (primary N) is 1. The minimum absolute atomic E-state index is 0.0937. The topological polar surface area (TPSA) is 176 Å². The van der Waals surface area contributed by atoms with E-state index in [1.165, 1.54) is 29.4 Å². The number of benzene rings is 2. The number of rotatable bonds is 7. The van der Waals surface area contributed by atoms with Crippen molar-refractivity contribution >= 4 is 43.9 Å². The van der Waals surface area contributed by atoms with Crippen LogP contribution in [0.5, 0.6) is 0 Å². The quantitative estimate of drug-likeness (QED) is 0.172. The van der Waals surface area contributed by atoms with Crippen LogP contribution in [-0.2, 0) is 16.8 Å². The first-order chi connectivity index (χ1) is 23.0. The number of pyridine rings is 1. The van der Waals surface area contributed by atoms with Gasteiger partial charge in [-0.3, -0.25) is 23.8 Å². The van der Waals surface area contributed by atoms with E-state index in [-0.39, 0.29) is 22.9 Å². The summed E-state index contributed by atoms with van der Waals surface area (Å²) in [6.45, 7) is 1.71. The number of aryl methyl sites for hydroxylation is 1. The standard InChI is InChI=1S/C34H30N10O3S/c1-21(39-33(45)30-31(35)37-19-28(40-30)24-15-25(18-36-17-24)42-48(3,4)47)32-41-27-12-8-9-23(14-13-22-16-38-43(2)20-22)29(27)34(46)44(32)26-10-6-5-7-11-26/h5-12,15-21H,3H2,1-2,4H3,(H2,35,37)(H,39,45)(H,42,47). The average Bonchev–Trinajstić information content (AvgIpc) is 3.48. The Kier molecular flexibility index (Phi) is 8.45. The molecule has 0 saturated carbocycles. The Bertz CT molecular complexity index is 2430. The molecular formula is C34H30N10O3S. The lowest BCUT2D eigenvalue weighted by atomic mass is 10.1. The van der Waals surface area contributed by atoms with Crippen LogP contribution >= 0.6 is 0 Å². The molecular weight excluding hydrogens is 629 g/mol. The Morgan fingerprint density at radius 3 is 2.56 bits per heavy atom. The van der Waals surface area contributed by atoms with Crippen molar-refractivity contribution in [1.29, 1.82) is 0 Å². The number of nitrogens with one attached hydrogen (secondary N) is 2. The summed E-state index contributed by atoms with van der Waals surface area (Å²) >= 11 is 0. The number of amides is 1. The van der Waals surface area contributed by atoms with Crippen molar-refractivity contribution in [3.63, 3.8) is 0 Å². The van der Waals surface area contributed by atoms with Gasteiger partial charge in [-0.05, 0) is 43.1 Å². The number of carbonyl (C=O) groups is 1. The number of hydrogen-bond acceptors (Lipinski definition) is 9. The molecule has 4 N–H and O–H groups in total.